The second-order valence-corrected chi connectivity index (χ2v) is 7.75. The minimum Gasteiger partial charge on any atom is -0.493 e. The average molecular weight is 484 g/mol. The van der Waals surface area contributed by atoms with E-state index >= 15 is 0 Å². The van der Waals surface area contributed by atoms with E-state index in [0.29, 0.717) is 33.5 Å². The predicted molar refractivity (Wildman–Crippen MR) is 127 cm³/mol. The molecule has 1 heterocycles. The number of aromatic nitrogens is 1. The maximum Gasteiger partial charge on any atom is 0.302 e. The molecule has 1 N–H and O–H groups in total. The second-order valence-electron chi connectivity index (χ2n) is 6.93. The average Bonchev–Trinajstić information content (AvgIpc) is 3.09. The van der Waals surface area contributed by atoms with Gasteiger partial charge in [-0.1, -0.05) is 65.7 Å². The van der Waals surface area contributed by atoms with Crippen molar-refractivity contribution < 1.29 is 19.4 Å². The molecule has 0 fully saturated rings. The van der Waals surface area contributed by atoms with E-state index in [4.69, 9.17) is 32.7 Å². The van der Waals surface area contributed by atoms with Gasteiger partial charge in [-0.2, -0.15) is 0 Å². The van der Waals surface area contributed by atoms with E-state index in [1.807, 2.05) is 30.3 Å². The smallest absolute Gasteiger partial charge is 0.302 e. The minimum absolute atomic E-state index is 0.123. The Balaban J connectivity index is 1.48. The molecule has 3 aromatic carbocycles. The number of hydrogen-bond donors (Lipinski definition) is 1. The Morgan fingerprint density at radius 1 is 0.879 bits per heavy atom. The van der Waals surface area contributed by atoms with E-state index in [2.05, 4.69) is 10.2 Å². The third kappa shape index (κ3) is 5.27. The molecular formula is C24H19Cl2N3O4. The van der Waals surface area contributed by atoms with Crippen molar-refractivity contribution in [2.45, 2.75) is 6.54 Å². The van der Waals surface area contributed by atoms with Gasteiger partial charge in [0, 0.05) is 5.39 Å². The first-order valence-corrected chi connectivity index (χ1v) is 10.8. The van der Waals surface area contributed by atoms with E-state index < -0.39 is 5.91 Å². The van der Waals surface area contributed by atoms with Crippen molar-refractivity contribution >= 4 is 45.7 Å². The zero-order valence-electron chi connectivity index (χ0n) is 17.3. The molecule has 0 saturated heterocycles. The lowest BCUT2D eigenvalue weighted by atomic mass is 10.2. The number of nitrogens with zero attached hydrogens (tertiary/aromatic N) is 3. The lowest BCUT2D eigenvalue weighted by Crippen LogP contribution is -2.08. The summed E-state index contributed by atoms with van der Waals surface area (Å²) in [6.45, 7) is 0.256. The molecule has 0 aliphatic rings. The zero-order valence-corrected chi connectivity index (χ0v) is 18.8. The number of ether oxygens (including phenoxy) is 2. The fourth-order valence-electron chi connectivity index (χ4n) is 3.24. The van der Waals surface area contributed by atoms with Crippen LogP contribution in [-0.2, 0) is 11.3 Å². The highest BCUT2D eigenvalue weighted by Crippen LogP contribution is 2.38. The van der Waals surface area contributed by atoms with Crippen molar-refractivity contribution in [3.8, 4) is 17.4 Å². The first-order valence-electron chi connectivity index (χ1n) is 10.0. The molecular weight excluding hydrogens is 465 g/mol. The molecule has 9 heteroatoms. The summed E-state index contributed by atoms with van der Waals surface area (Å²) in [5.74, 6) is 0.190. The van der Waals surface area contributed by atoms with Crippen LogP contribution < -0.4 is 9.47 Å². The second kappa shape index (κ2) is 10.4. The van der Waals surface area contributed by atoms with Gasteiger partial charge in [-0.25, -0.2) is 0 Å². The predicted octanol–water partition coefficient (Wildman–Crippen LogP) is 6.42. The molecule has 4 aromatic rings. The summed E-state index contributed by atoms with van der Waals surface area (Å²) in [7, 11) is 0. The minimum atomic E-state index is -0.617. The summed E-state index contributed by atoms with van der Waals surface area (Å²) >= 11 is 12.1. The molecule has 1 aromatic heterocycles. The number of benzene rings is 3. The van der Waals surface area contributed by atoms with Crippen LogP contribution in [-0.4, -0.2) is 28.8 Å². The summed E-state index contributed by atoms with van der Waals surface area (Å²) in [6.07, 6.45) is 0. The molecule has 1 amide bonds. The Bertz CT molecular complexity index is 1320. The van der Waals surface area contributed by atoms with E-state index in [-0.39, 0.29) is 24.8 Å². The quantitative estimate of drug-likeness (QED) is 0.293. The zero-order chi connectivity index (χ0) is 23.2. The third-order valence-corrected chi connectivity index (χ3v) is 5.40. The summed E-state index contributed by atoms with van der Waals surface area (Å²) < 4.78 is 12.8. The highest BCUT2D eigenvalue weighted by Gasteiger charge is 2.17. The number of hydrogen-bond acceptors (Lipinski definition) is 5. The van der Waals surface area contributed by atoms with E-state index in [1.165, 1.54) is 0 Å². The number of rotatable bonds is 8. The number of aromatic hydroxyl groups is 1. The molecule has 168 valence electrons. The highest BCUT2D eigenvalue weighted by molar-refractivity contribution is 6.32. The monoisotopic (exact) mass is 483 g/mol. The number of amides is 1. The molecule has 0 atom stereocenters. The first kappa shape index (κ1) is 22.6. The van der Waals surface area contributed by atoms with Crippen LogP contribution in [0.2, 0.25) is 10.0 Å². The van der Waals surface area contributed by atoms with Gasteiger partial charge in [0.15, 0.2) is 12.3 Å². The lowest BCUT2D eigenvalue weighted by molar-refractivity contribution is -0.120. The summed E-state index contributed by atoms with van der Waals surface area (Å²) in [6, 6.07) is 21.3. The van der Waals surface area contributed by atoms with Gasteiger partial charge in [0.1, 0.15) is 18.1 Å². The molecule has 0 radical (unpaired) electrons. The van der Waals surface area contributed by atoms with Gasteiger partial charge in [-0.15, -0.1) is 10.2 Å². The molecule has 0 unspecified atom stereocenters. The van der Waals surface area contributed by atoms with Gasteiger partial charge in [0.05, 0.1) is 22.1 Å². The number of halogens is 2. The largest absolute Gasteiger partial charge is 0.493 e. The Labute approximate surface area is 199 Å². The highest BCUT2D eigenvalue weighted by atomic mass is 35.5. The van der Waals surface area contributed by atoms with Crippen LogP contribution in [0.3, 0.4) is 0 Å². The summed E-state index contributed by atoms with van der Waals surface area (Å²) in [5, 5.41) is 20.0. The van der Waals surface area contributed by atoms with Crippen LogP contribution in [0.4, 0.5) is 5.69 Å². The van der Waals surface area contributed by atoms with Gasteiger partial charge >= 0.3 is 5.91 Å². The van der Waals surface area contributed by atoms with Crippen LogP contribution in [0.1, 0.15) is 0 Å². The van der Waals surface area contributed by atoms with E-state index in [1.54, 1.807) is 47.0 Å². The fraction of sp³-hybridized carbons (Fsp3) is 0.125. The number of carbonyl (C=O) groups is 1. The molecule has 0 saturated carbocycles. The molecule has 7 nitrogen and oxygen atoms in total. The lowest BCUT2D eigenvalue weighted by Gasteiger charge is -2.10. The van der Waals surface area contributed by atoms with Gasteiger partial charge in [0.2, 0.25) is 5.88 Å². The van der Waals surface area contributed by atoms with E-state index in [9.17, 15) is 9.90 Å². The maximum absolute atomic E-state index is 12.2. The van der Waals surface area contributed by atoms with Crippen molar-refractivity contribution in [3.63, 3.8) is 0 Å². The van der Waals surface area contributed by atoms with Crippen LogP contribution in [0, 0.1) is 0 Å². The van der Waals surface area contributed by atoms with Crippen LogP contribution in [0.15, 0.2) is 83.0 Å². The van der Waals surface area contributed by atoms with Crippen LogP contribution in [0.5, 0.6) is 17.4 Å². The molecule has 33 heavy (non-hydrogen) atoms. The molecule has 0 bridgehead atoms. The fourth-order valence-corrected chi connectivity index (χ4v) is 3.62. The topological polar surface area (TPSA) is 85.4 Å². The van der Waals surface area contributed by atoms with Crippen molar-refractivity contribution in [2.24, 2.45) is 10.2 Å². The summed E-state index contributed by atoms with van der Waals surface area (Å²) in [4.78, 5) is 12.2. The molecule has 0 spiro atoms. The molecule has 0 aliphatic carbocycles. The van der Waals surface area contributed by atoms with Crippen molar-refractivity contribution in [1.82, 2.24) is 4.57 Å². The number of azo groups is 1. The van der Waals surface area contributed by atoms with E-state index in [0.717, 1.165) is 5.52 Å². The number of para-hydroxylation sites is 3. The SMILES string of the molecule is O=C(COc1ccccc1Cl)N=Nc1c(O)n(CCOc2ccccc2Cl)c2ccccc12. The van der Waals surface area contributed by atoms with Gasteiger partial charge < -0.3 is 19.1 Å². The Hall–Kier alpha value is -3.55. The summed E-state index contributed by atoms with van der Waals surface area (Å²) in [5.41, 5.74) is 0.918. The number of fused-ring (bicyclic) bond motifs is 1. The third-order valence-electron chi connectivity index (χ3n) is 4.78. The Morgan fingerprint density at radius 2 is 1.48 bits per heavy atom. The molecule has 4 rings (SSSR count). The molecule has 0 aliphatic heterocycles. The Morgan fingerprint density at radius 3 is 2.18 bits per heavy atom. The van der Waals surface area contributed by atoms with Crippen molar-refractivity contribution in [3.05, 3.63) is 82.8 Å². The maximum atomic E-state index is 12.2. The first-order chi connectivity index (χ1) is 16.0. The van der Waals surface area contributed by atoms with Crippen molar-refractivity contribution in [1.29, 1.82) is 0 Å². The van der Waals surface area contributed by atoms with Gasteiger partial charge in [-0.3, -0.25) is 4.79 Å². The van der Waals surface area contributed by atoms with Crippen molar-refractivity contribution in [2.75, 3.05) is 13.2 Å². The van der Waals surface area contributed by atoms with Crippen LogP contribution >= 0.6 is 23.2 Å². The number of carbonyl (C=O) groups excluding carboxylic acids is 1. The van der Waals surface area contributed by atoms with Crippen LogP contribution in [0.25, 0.3) is 10.9 Å². The standard InChI is InChI=1S/C24H19Cl2N3O4/c25-17-8-2-5-11-20(17)32-14-13-29-19-10-4-1-7-16(19)23(24(29)31)28-27-22(30)15-33-21-12-6-3-9-18(21)26/h1-12,31H,13-15H2. The normalized spacial score (nSPS) is 11.2. The van der Waals surface area contributed by atoms with Gasteiger partial charge in [0.25, 0.3) is 0 Å². The Kier molecular flexibility index (Phi) is 7.12. The van der Waals surface area contributed by atoms with Gasteiger partial charge in [-0.05, 0) is 30.3 Å².